The molecule has 1 aromatic carbocycles. The molecule has 20 heavy (non-hydrogen) atoms. The molecule has 2 heterocycles. The maximum atomic E-state index is 11.4. The third-order valence-corrected chi connectivity index (χ3v) is 2.90. The number of carboxylic acids is 1. The summed E-state index contributed by atoms with van der Waals surface area (Å²) in [5.74, 6) is -0.420. The molecule has 0 aliphatic heterocycles. The van der Waals surface area contributed by atoms with Crippen molar-refractivity contribution in [1.82, 2.24) is 9.38 Å². The van der Waals surface area contributed by atoms with Crippen LogP contribution in [0.3, 0.4) is 0 Å². The summed E-state index contributed by atoms with van der Waals surface area (Å²) in [5, 5.41) is 9.34. The molecule has 0 spiro atoms. The smallest absolute Gasteiger partial charge is 0.358 e. The second-order valence-corrected chi connectivity index (χ2v) is 4.42. The number of benzene rings is 1. The van der Waals surface area contributed by atoms with E-state index in [1.165, 1.54) is 4.40 Å². The Morgan fingerprint density at radius 1 is 1.25 bits per heavy atom. The molecule has 100 valence electrons. The molecule has 0 saturated heterocycles. The van der Waals surface area contributed by atoms with E-state index in [2.05, 4.69) is 4.98 Å². The van der Waals surface area contributed by atoms with Crippen molar-refractivity contribution in [2.75, 3.05) is 0 Å². The summed E-state index contributed by atoms with van der Waals surface area (Å²) in [4.78, 5) is 15.6. The molecule has 3 rings (SSSR count). The van der Waals surface area contributed by atoms with Crippen LogP contribution in [0, 0.1) is 6.92 Å². The number of carboxylic acid groups (broad SMARTS) is 1. The van der Waals surface area contributed by atoms with Gasteiger partial charge in [0.1, 0.15) is 11.4 Å². The van der Waals surface area contributed by atoms with Crippen LogP contribution in [0.2, 0.25) is 0 Å². The Labute approximate surface area is 115 Å². The number of aryl methyl sites for hydroxylation is 1. The summed E-state index contributed by atoms with van der Waals surface area (Å²) in [6.45, 7) is 1.94. The molecule has 0 unspecified atom stereocenters. The first-order valence-electron chi connectivity index (χ1n) is 6.10. The van der Waals surface area contributed by atoms with Gasteiger partial charge in [0.15, 0.2) is 5.69 Å². The highest BCUT2D eigenvalue weighted by Crippen LogP contribution is 2.26. The lowest BCUT2D eigenvalue weighted by Gasteiger charge is -2.04. The Balaban J connectivity index is 2.11. The largest absolute Gasteiger partial charge is 0.476 e. The van der Waals surface area contributed by atoms with E-state index in [4.69, 9.17) is 4.74 Å². The lowest BCUT2D eigenvalue weighted by Crippen LogP contribution is -2.03. The van der Waals surface area contributed by atoms with Gasteiger partial charge >= 0.3 is 5.97 Å². The number of aromatic nitrogens is 2. The number of ether oxygens (including phenoxy) is 1. The fraction of sp³-hybridized carbons (Fsp3) is 0.0667. The highest BCUT2D eigenvalue weighted by atomic mass is 16.5. The number of hydrogen-bond donors (Lipinski definition) is 1. The molecule has 3 aromatic rings. The van der Waals surface area contributed by atoms with Crippen molar-refractivity contribution in [2.45, 2.75) is 6.92 Å². The third-order valence-electron chi connectivity index (χ3n) is 2.90. The predicted molar refractivity (Wildman–Crippen MR) is 73.4 cm³/mol. The van der Waals surface area contributed by atoms with Gasteiger partial charge in [0, 0.05) is 6.20 Å². The topological polar surface area (TPSA) is 63.8 Å². The van der Waals surface area contributed by atoms with Gasteiger partial charge in [0.25, 0.3) is 5.88 Å². The molecule has 0 bridgehead atoms. The second-order valence-electron chi connectivity index (χ2n) is 4.42. The molecule has 5 heteroatoms. The summed E-state index contributed by atoms with van der Waals surface area (Å²) >= 11 is 0. The molecular weight excluding hydrogens is 256 g/mol. The first kappa shape index (κ1) is 12.2. The van der Waals surface area contributed by atoms with Crippen LogP contribution < -0.4 is 4.74 Å². The first-order chi connectivity index (χ1) is 9.65. The Morgan fingerprint density at radius 2 is 2.10 bits per heavy atom. The Kier molecular flexibility index (Phi) is 2.87. The molecule has 1 N–H and O–H groups in total. The van der Waals surface area contributed by atoms with Crippen LogP contribution in [0.1, 0.15) is 16.1 Å². The number of rotatable bonds is 3. The molecule has 0 aliphatic carbocycles. The second kappa shape index (κ2) is 4.70. The van der Waals surface area contributed by atoms with E-state index >= 15 is 0 Å². The van der Waals surface area contributed by atoms with E-state index in [1.807, 2.05) is 25.1 Å². The molecule has 0 aliphatic rings. The van der Waals surface area contributed by atoms with Crippen LogP contribution in [0.15, 0.2) is 48.7 Å². The normalized spacial score (nSPS) is 10.7. The van der Waals surface area contributed by atoms with Gasteiger partial charge in [-0.05, 0) is 36.8 Å². The average Bonchev–Trinajstić information content (AvgIpc) is 2.76. The van der Waals surface area contributed by atoms with Gasteiger partial charge in [-0.15, -0.1) is 0 Å². The fourth-order valence-corrected chi connectivity index (χ4v) is 2.03. The predicted octanol–water partition coefficient (Wildman–Crippen LogP) is 3.13. The molecule has 2 aromatic heterocycles. The van der Waals surface area contributed by atoms with Crippen LogP contribution in [-0.4, -0.2) is 20.5 Å². The Morgan fingerprint density at radius 3 is 2.85 bits per heavy atom. The lowest BCUT2D eigenvalue weighted by molar-refractivity contribution is 0.0686. The van der Waals surface area contributed by atoms with Crippen LogP contribution in [0.25, 0.3) is 5.65 Å². The summed E-state index contributed by atoms with van der Waals surface area (Å²) < 4.78 is 7.12. The number of fused-ring (bicyclic) bond motifs is 1. The first-order valence-corrected chi connectivity index (χ1v) is 6.10. The van der Waals surface area contributed by atoms with Crippen molar-refractivity contribution < 1.29 is 14.6 Å². The van der Waals surface area contributed by atoms with Crippen molar-refractivity contribution in [1.29, 1.82) is 0 Å². The highest BCUT2D eigenvalue weighted by Gasteiger charge is 2.20. The zero-order valence-corrected chi connectivity index (χ0v) is 10.8. The fourth-order valence-electron chi connectivity index (χ4n) is 2.03. The van der Waals surface area contributed by atoms with E-state index in [1.54, 1.807) is 30.5 Å². The van der Waals surface area contributed by atoms with Gasteiger partial charge in [0.2, 0.25) is 0 Å². The number of pyridine rings is 1. The molecule has 5 nitrogen and oxygen atoms in total. The van der Waals surface area contributed by atoms with E-state index in [0.29, 0.717) is 11.4 Å². The SMILES string of the molecule is Cc1cccc(Oc2nc3ccccn3c2C(=O)O)c1. The van der Waals surface area contributed by atoms with Crippen molar-refractivity contribution in [3.8, 4) is 11.6 Å². The van der Waals surface area contributed by atoms with Crippen molar-refractivity contribution in [3.63, 3.8) is 0 Å². The summed E-state index contributed by atoms with van der Waals surface area (Å²) in [5.41, 5.74) is 1.58. The zero-order chi connectivity index (χ0) is 14.1. The lowest BCUT2D eigenvalue weighted by atomic mass is 10.2. The van der Waals surface area contributed by atoms with E-state index < -0.39 is 5.97 Å². The Bertz CT molecular complexity index is 793. The van der Waals surface area contributed by atoms with E-state index in [9.17, 15) is 9.90 Å². The number of imidazole rings is 1. The minimum absolute atomic E-state index is 0.0158. The summed E-state index contributed by atoms with van der Waals surface area (Å²) in [6.07, 6.45) is 1.65. The maximum absolute atomic E-state index is 11.4. The molecule has 0 atom stereocenters. The van der Waals surface area contributed by atoms with E-state index in [-0.39, 0.29) is 11.6 Å². The minimum Gasteiger partial charge on any atom is -0.476 e. The van der Waals surface area contributed by atoms with Crippen LogP contribution in [-0.2, 0) is 0 Å². The number of nitrogens with zero attached hydrogens (tertiary/aromatic N) is 2. The molecule has 0 radical (unpaired) electrons. The minimum atomic E-state index is -1.08. The Hall–Kier alpha value is -2.82. The maximum Gasteiger partial charge on any atom is 0.358 e. The molecule has 0 amide bonds. The highest BCUT2D eigenvalue weighted by molar-refractivity contribution is 5.89. The van der Waals surface area contributed by atoms with Crippen molar-refractivity contribution >= 4 is 11.6 Å². The summed E-state index contributed by atoms with van der Waals surface area (Å²) in [7, 11) is 0. The summed E-state index contributed by atoms with van der Waals surface area (Å²) in [6, 6.07) is 12.7. The standard InChI is InChI=1S/C15H12N2O3/c1-10-5-4-6-11(9-10)20-14-13(15(18)19)17-8-3-2-7-12(17)16-14/h2-9H,1H3,(H,18,19). The van der Waals surface area contributed by atoms with Gasteiger partial charge in [0.05, 0.1) is 0 Å². The van der Waals surface area contributed by atoms with Gasteiger partial charge < -0.3 is 9.84 Å². The van der Waals surface area contributed by atoms with Gasteiger partial charge in [-0.1, -0.05) is 18.2 Å². The van der Waals surface area contributed by atoms with E-state index in [0.717, 1.165) is 5.56 Å². The third kappa shape index (κ3) is 2.09. The van der Waals surface area contributed by atoms with Crippen molar-refractivity contribution in [3.05, 3.63) is 59.9 Å². The van der Waals surface area contributed by atoms with Crippen LogP contribution in [0.5, 0.6) is 11.6 Å². The molecular formula is C15H12N2O3. The van der Waals surface area contributed by atoms with Crippen molar-refractivity contribution in [2.24, 2.45) is 0 Å². The number of hydrogen-bond acceptors (Lipinski definition) is 3. The quantitative estimate of drug-likeness (QED) is 0.792. The van der Waals surface area contributed by atoms with Crippen LogP contribution >= 0.6 is 0 Å². The molecule has 0 fully saturated rings. The number of carbonyl (C=O) groups is 1. The van der Waals surface area contributed by atoms with Gasteiger partial charge in [-0.25, -0.2) is 4.79 Å². The zero-order valence-electron chi connectivity index (χ0n) is 10.8. The number of aromatic carboxylic acids is 1. The average molecular weight is 268 g/mol. The molecule has 0 saturated carbocycles. The van der Waals surface area contributed by atoms with Gasteiger partial charge in [-0.2, -0.15) is 4.98 Å². The van der Waals surface area contributed by atoms with Gasteiger partial charge in [-0.3, -0.25) is 4.40 Å². The monoisotopic (exact) mass is 268 g/mol. The van der Waals surface area contributed by atoms with Crippen LogP contribution in [0.4, 0.5) is 0 Å².